The van der Waals surface area contributed by atoms with Crippen molar-refractivity contribution in [3.05, 3.63) is 38.3 Å². The molecule has 4 nitrogen and oxygen atoms in total. The third-order valence-corrected chi connectivity index (χ3v) is 4.04. The van der Waals surface area contributed by atoms with E-state index in [1.54, 1.807) is 12.1 Å². The van der Waals surface area contributed by atoms with Crippen LogP contribution in [-0.4, -0.2) is 22.9 Å². The third kappa shape index (κ3) is 3.09. The third-order valence-electron chi connectivity index (χ3n) is 3.37. The molecule has 0 amide bonds. The molecule has 0 bridgehead atoms. The fourth-order valence-corrected chi connectivity index (χ4v) is 2.81. The van der Waals surface area contributed by atoms with E-state index in [1.807, 2.05) is 6.07 Å². The highest BCUT2D eigenvalue weighted by atomic mass is 79.9. The van der Waals surface area contributed by atoms with E-state index in [2.05, 4.69) is 34.7 Å². The predicted molar refractivity (Wildman–Crippen MR) is 74.5 cm³/mol. The fraction of sp³-hybridized carbons (Fsp3) is 0.538. The Balaban J connectivity index is 2.11. The molecular formula is C13H17BrN2O2. The first-order valence-electron chi connectivity index (χ1n) is 6.03. The van der Waals surface area contributed by atoms with Gasteiger partial charge in [0.25, 0.3) is 5.69 Å². The van der Waals surface area contributed by atoms with Crippen molar-refractivity contribution in [3.63, 3.8) is 0 Å². The lowest BCUT2D eigenvalue weighted by Gasteiger charge is -2.19. The van der Waals surface area contributed by atoms with Crippen LogP contribution in [0.25, 0.3) is 0 Å². The quantitative estimate of drug-likeness (QED) is 0.633. The number of nitro groups is 1. The molecule has 0 radical (unpaired) electrons. The van der Waals surface area contributed by atoms with E-state index >= 15 is 0 Å². The Morgan fingerprint density at radius 3 is 2.78 bits per heavy atom. The fourth-order valence-electron chi connectivity index (χ4n) is 2.41. The van der Waals surface area contributed by atoms with Gasteiger partial charge >= 0.3 is 0 Å². The van der Waals surface area contributed by atoms with Gasteiger partial charge in [-0.1, -0.05) is 19.9 Å². The highest BCUT2D eigenvalue weighted by molar-refractivity contribution is 9.10. The molecule has 0 N–H and O–H groups in total. The van der Waals surface area contributed by atoms with Gasteiger partial charge in [0, 0.05) is 19.2 Å². The minimum absolute atomic E-state index is 0.144. The molecule has 0 atom stereocenters. The van der Waals surface area contributed by atoms with Gasteiger partial charge in [-0.3, -0.25) is 15.0 Å². The largest absolute Gasteiger partial charge is 0.299 e. The lowest BCUT2D eigenvalue weighted by atomic mass is 9.93. The van der Waals surface area contributed by atoms with Crippen molar-refractivity contribution in [2.24, 2.45) is 5.41 Å². The summed E-state index contributed by atoms with van der Waals surface area (Å²) in [4.78, 5) is 12.9. The summed E-state index contributed by atoms with van der Waals surface area (Å²) in [5, 5.41) is 10.9. The normalized spacial score (nSPS) is 19.1. The first kappa shape index (κ1) is 13.5. The van der Waals surface area contributed by atoms with Crippen molar-refractivity contribution in [2.75, 3.05) is 13.1 Å². The Hall–Kier alpha value is -0.940. The molecule has 1 aromatic rings. The molecular weight excluding hydrogens is 296 g/mol. The summed E-state index contributed by atoms with van der Waals surface area (Å²) in [5.74, 6) is 0. The van der Waals surface area contributed by atoms with Gasteiger partial charge < -0.3 is 0 Å². The lowest BCUT2D eigenvalue weighted by Crippen LogP contribution is -2.22. The maximum absolute atomic E-state index is 10.9. The molecule has 1 aliphatic heterocycles. The maximum atomic E-state index is 10.9. The molecule has 1 saturated heterocycles. The summed E-state index contributed by atoms with van der Waals surface area (Å²) >= 11 is 3.21. The Morgan fingerprint density at radius 1 is 1.50 bits per heavy atom. The molecule has 98 valence electrons. The molecule has 0 unspecified atom stereocenters. The van der Waals surface area contributed by atoms with Crippen LogP contribution in [-0.2, 0) is 6.54 Å². The van der Waals surface area contributed by atoms with Crippen molar-refractivity contribution in [1.29, 1.82) is 0 Å². The number of halogens is 1. The van der Waals surface area contributed by atoms with Gasteiger partial charge in [0.1, 0.15) is 0 Å². The second kappa shape index (κ2) is 4.97. The van der Waals surface area contributed by atoms with Crippen LogP contribution in [0.4, 0.5) is 5.69 Å². The predicted octanol–water partition coefficient (Wildman–Crippen LogP) is 3.59. The number of hydrogen-bond donors (Lipinski definition) is 0. The Bertz CT molecular complexity index is 474. The highest BCUT2D eigenvalue weighted by Gasteiger charge is 2.29. The van der Waals surface area contributed by atoms with Gasteiger partial charge in [0.2, 0.25) is 0 Å². The van der Waals surface area contributed by atoms with E-state index in [0.29, 0.717) is 9.89 Å². The molecule has 1 aliphatic rings. The van der Waals surface area contributed by atoms with Gasteiger partial charge in [0.05, 0.1) is 9.40 Å². The smallest absolute Gasteiger partial charge is 0.283 e. The van der Waals surface area contributed by atoms with Crippen LogP contribution in [0.5, 0.6) is 0 Å². The van der Waals surface area contributed by atoms with Crippen LogP contribution >= 0.6 is 15.9 Å². The monoisotopic (exact) mass is 312 g/mol. The standard InChI is InChI=1S/C13H17BrN2O2/c1-13(2)5-6-15(9-13)8-10-3-4-11(14)12(7-10)16(17)18/h3-4,7H,5-6,8-9H2,1-2H3. The van der Waals surface area contributed by atoms with E-state index in [0.717, 1.165) is 25.2 Å². The molecule has 1 aromatic carbocycles. The van der Waals surface area contributed by atoms with Crippen molar-refractivity contribution in [3.8, 4) is 0 Å². The van der Waals surface area contributed by atoms with Crippen LogP contribution < -0.4 is 0 Å². The second-order valence-corrected chi connectivity index (χ2v) is 6.52. The van der Waals surface area contributed by atoms with Crippen molar-refractivity contribution in [2.45, 2.75) is 26.8 Å². The number of nitrogens with zero attached hydrogens (tertiary/aromatic N) is 2. The molecule has 0 aromatic heterocycles. The molecule has 0 saturated carbocycles. The minimum Gasteiger partial charge on any atom is -0.299 e. The molecule has 18 heavy (non-hydrogen) atoms. The summed E-state index contributed by atoms with van der Waals surface area (Å²) in [7, 11) is 0. The summed E-state index contributed by atoms with van der Waals surface area (Å²) in [6.45, 7) is 7.43. The van der Waals surface area contributed by atoms with Crippen LogP contribution in [0, 0.1) is 15.5 Å². The SMILES string of the molecule is CC1(C)CCN(Cc2ccc(Br)c([N+](=O)[O-])c2)C1. The minimum atomic E-state index is -0.346. The van der Waals surface area contributed by atoms with E-state index in [4.69, 9.17) is 0 Å². The van der Waals surface area contributed by atoms with Crippen molar-refractivity contribution >= 4 is 21.6 Å². The summed E-state index contributed by atoms with van der Waals surface area (Å²) < 4.78 is 0.540. The van der Waals surface area contributed by atoms with E-state index < -0.39 is 0 Å². The summed E-state index contributed by atoms with van der Waals surface area (Å²) in [5.41, 5.74) is 1.51. The van der Waals surface area contributed by atoms with Crippen molar-refractivity contribution in [1.82, 2.24) is 4.90 Å². The Kier molecular flexibility index (Phi) is 3.73. The number of likely N-dealkylation sites (tertiary alicyclic amines) is 1. The highest BCUT2D eigenvalue weighted by Crippen LogP contribution is 2.31. The molecule has 0 aliphatic carbocycles. The van der Waals surface area contributed by atoms with Crippen molar-refractivity contribution < 1.29 is 4.92 Å². The van der Waals surface area contributed by atoms with Crippen LogP contribution in [0.3, 0.4) is 0 Å². The molecule has 1 fully saturated rings. The van der Waals surface area contributed by atoms with E-state index in [-0.39, 0.29) is 10.6 Å². The molecule has 5 heteroatoms. The number of nitro benzene ring substituents is 1. The topological polar surface area (TPSA) is 46.4 Å². The lowest BCUT2D eigenvalue weighted by molar-refractivity contribution is -0.385. The summed E-state index contributed by atoms with van der Waals surface area (Å²) in [6.07, 6.45) is 1.19. The zero-order chi connectivity index (χ0) is 13.3. The average molecular weight is 313 g/mol. The number of benzene rings is 1. The van der Waals surface area contributed by atoms with Crippen LogP contribution in [0.1, 0.15) is 25.8 Å². The van der Waals surface area contributed by atoms with E-state index in [9.17, 15) is 10.1 Å². The van der Waals surface area contributed by atoms with E-state index in [1.165, 1.54) is 6.42 Å². The molecule has 0 spiro atoms. The summed E-state index contributed by atoms with van der Waals surface area (Å²) in [6, 6.07) is 5.37. The maximum Gasteiger partial charge on any atom is 0.283 e. The van der Waals surface area contributed by atoms with Gasteiger partial charge in [-0.25, -0.2) is 0 Å². The first-order chi connectivity index (χ1) is 8.37. The average Bonchev–Trinajstić information content (AvgIpc) is 2.60. The van der Waals surface area contributed by atoms with Gasteiger partial charge in [-0.05, 0) is 45.9 Å². The zero-order valence-corrected chi connectivity index (χ0v) is 12.2. The molecule has 2 rings (SSSR count). The Labute approximate surface area is 115 Å². The molecule has 1 heterocycles. The van der Waals surface area contributed by atoms with Crippen LogP contribution in [0.15, 0.2) is 22.7 Å². The van der Waals surface area contributed by atoms with Gasteiger partial charge in [0.15, 0.2) is 0 Å². The first-order valence-corrected chi connectivity index (χ1v) is 6.82. The second-order valence-electron chi connectivity index (χ2n) is 5.67. The number of rotatable bonds is 3. The number of hydrogen-bond acceptors (Lipinski definition) is 3. The van der Waals surface area contributed by atoms with Crippen LogP contribution in [0.2, 0.25) is 0 Å². The van der Waals surface area contributed by atoms with Gasteiger partial charge in [-0.2, -0.15) is 0 Å². The van der Waals surface area contributed by atoms with Gasteiger partial charge in [-0.15, -0.1) is 0 Å². The zero-order valence-electron chi connectivity index (χ0n) is 10.6. The Morgan fingerprint density at radius 2 is 2.22 bits per heavy atom.